The molecule has 1 saturated heterocycles. The summed E-state index contributed by atoms with van der Waals surface area (Å²) >= 11 is 0.768. The molecule has 7 nitrogen and oxygen atoms in total. The molecular weight excluding hydrogens is 334 g/mol. The number of methoxy groups -OCH3 is 3. The number of ether oxygens (including phenoxy) is 3. The first-order chi connectivity index (χ1) is 11.4. The smallest absolute Gasteiger partial charge is 0.325 e. The molecule has 0 radical (unpaired) electrons. The summed E-state index contributed by atoms with van der Waals surface area (Å²) in [6.45, 7) is 1.43. The summed E-state index contributed by atoms with van der Waals surface area (Å²) in [4.78, 5) is 36.6. The first-order valence-corrected chi connectivity index (χ1v) is 7.78. The maximum absolute atomic E-state index is 12.3. The minimum Gasteiger partial charge on any atom is -0.496 e. The predicted octanol–water partition coefficient (Wildman–Crippen LogP) is 2.22. The number of thioether (sulfide) groups is 1. The Balaban J connectivity index is 2.36. The zero-order chi connectivity index (χ0) is 17.9. The fourth-order valence-corrected chi connectivity index (χ4v) is 3.10. The van der Waals surface area contributed by atoms with E-state index in [0.717, 1.165) is 22.2 Å². The number of carbonyl (C=O) groups excluding carboxylic acids is 3. The zero-order valence-corrected chi connectivity index (χ0v) is 14.6. The van der Waals surface area contributed by atoms with E-state index in [1.165, 1.54) is 14.2 Å². The molecule has 0 bridgehead atoms. The van der Waals surface area contributed by atoms with Crippen molar-refractivity contribution in [1.29, 1.82) is 0 Å². The Morgan fingerprint density at radius 3 is 2.50 bits per heavy atom. The maximum atomic E-state index is 12.3. The van der Waals surface area contributed by atoms with Gasteiger partial charge in [0.2, 0.25) is 0 Å². The molecule has 0 aliphatic carbocycles. The van der Waals surface area contributed by atoms with Crippen molar-refractivity contribution >= 4 is 35.0 Å². The molecule has 0 aromatic heterocycles. The van der Waals surface area contributed by atoms with Crippen molar-refractivity contribution in [3.63, 3.8) is 0 Å². The van der Waals surface area contributed by atoms with E-state index in [4.69, 9.17) is 9.47 Å². The lowest BCUT2D eigenvalue weighted by molar-refractivity contribution is -0.143. The molecule has 0 atom stereocenters. The standard InChI is InChI=1S/C16H17NO6S/c1-9-11(21-2)6-5-10(14(9)23-4)7-12-15(19)17(16(20)24-12)8-13(18)22-3/h5-7H,8H2,1-4H3/b12-7-. The van der Waals surface area contributed by atoms with Crippen LogP contribution in [0.2, 0.25) is 0 Å². The number of nitrogens with zero attached hydrogens (tertiary/aromatic N) is 1. The third kappa shape index (κ3) is 3.38. The molecule has 2 amide bonds. The van der Waals surface area contributed by atoms with Crippen molar-refractivity contribution in [3.8, 4) is 11.5 Å². The monoisotopic (exact) mass is 351 g/mol. The first kappa shape index (κ1) is 17.9. The maximum Gasteiger partial charge on any atom is 0.325 e. The number of hydrogen-bond donors (Lipinski definition) is 0. The average Bonchev–Trinajstić information content (AvgIpc) is 2.82. The molecule has 0 unspecified atom stereocenters. The van der Waals surface area contributed by atoms with Crippen molar-refractivity contribution in [1.82, 2.24) is 4.90 Å². The van der Waals surface area contributed by atoms with Gasteiger partial charge in [0.1, 0.15) is 18.0 Å². The number of rotatable bonds is 5. The molecule has 1 aliphatic rings. The summed E-state index contributed by atoms with van der Waals surface area (Å²) in [6.07, 6.45) is 1.56. The third-order valence-corrected chi connectivity index (χ3v) is 4.39. The lowest BCUT2D eigenvalue weighted by Gasteiger charge is -2.13. The van der Waals surface area contributed by atoms with Crippen LogP contribution in [0.5, 0.6) is 11.5 Å². The summed E-state index contributed by atoms with van der Waals surface area (Å²) < 4.78 is 15.1. The van der Waals surface area contributed by atoms with E-state index in [1.54, 1.807) is 25.3 Å². The molecule has 1 aliphatic heterocycles. The van der Waals surface area contributed by atoms with Gasteiger partial charge in [0.05, 0.1) is 26.2 Å². The molecule has 8 heteroatoms. The van der Waals surface area contributed by atoms with Gasteiger partial charge in [-0.2, -0.15) is 0 Å². The molecule has 1 aromatic carbocycles. The number of imide groups is 1. The molecule has 0 spiro atoms. The van der Waals surface area contributed by atoms with Crippen LogP contribution in [0.15, 0.2) is 17.0 Å². The van der Waals surface area contributed by atoms with Crippen LogP contribution in [-0.2, 0) is 14.3 Å². The third-order valence-electron chi connectivity index (χ3n) is 3.49. The van der Waals surface area contributed by atoms with E-state index < -0.39 is 23.7 Å². The van der Waals surface area contributed by atoms with E-state index in [1.807, 2.05) is 6.92 Å². The van der Waals surface area contributed by atoms with Gasteiger partial charge in [0.15, 0.2) is 0 Å². The van der Waals surface area contributed by atoms with E-state index in [0.29, 0.717) is 17.1 Å². The number of esters is 1. The quantitative estimate of drug-likeness (QED) is 0.594. The van der Waals surface area contributed by atoms with Gasteiger partial charge >= 0.3 is 5.97 Å². The molecule has 0 N–H and O–H groups in total. The Morgan fingerprint density at radius 1 is 1.21 bits per heavy atom. The Bertz CT molecular complexity index is 728. The topological polar surface area (TPSA) is 82.1 Å². The largest absolute Gasteiger partial charge is 0.496 e. The molecular formula is C16H17NO6S. The summed E-state index contributed by atoms with van der Waals surface area (Å²) in [5.74, 6) is 0.0132. The summed E-state index contributed by atoms with van der Waals surface area (Å²) in [5, 5.41) is -0.513. The van der Waals surface area contributed by atoms with Gasteiger partial charge in [0.25, 0.3) is 11.1 Å². The fourth-order valence-electron chi connectivity index (χ4n) is 2.27. The second kappa shape index (κ2) is 7.39. The van der Waals surface area contributed by atoms with Gasteiger partial charge in [-0.3, -0.25) is 19.3 Å². The summed E-state index contributed by atoms with van der Waals surface area (Å²) in [5.41, 5.74) is 1.42. The Morgan fingerprint density at radius 2 is 1.92 bits per heavy atom. The van der Waals surface area contributed by atoms with Crippen molar-refractivity contribution in [3.05, 3.63) is 28.2 Å². The number of amides is 2. The lowest BCUT2D eigenvalue weighted by atomic mass is 10.1. The first-order valence-electron chi connectivity index (χ1n) is 6.96. The predicted molar refractivity (Wildman–Crippen MR) is 89.0 cm³/mol. The van der Waals surface area contributed by atoms with Crippen LogP contribution in [-0.4, -0.2) is 49.9 Å². The van der Waals surface area contributed by atoms with Crippen molar-refractivity contribution < 1.29 is 28.6 Å². The van der Waals surface area contributed by atoms with Gasteiger partial charge < -0.3 is 14.2 Å². The second-order valence-electron chi connectivity index (χ2n) is 4.86. The minimum absolute atomic E-state index is 0.215. The van der Waals surface area contributed by atoms with E-state index in [9.17, 15) is 14.4 Å². The molecule has 24 heavy (non-hydrogen) atoms. The second-order valence-corrected chi connectivity index (χ2v) is 5.85. The highest BCUT2D eigenvalue weighted by molar-refractivity contribution is 8.18. The van der Waals surface area contributed by atoms with Crippen molar-refractivity contribution in [2.24, 2.45) is 0 Å². The van der Waals surface area contributed by atoms with Crippen LogP contribution >= 0.6 is 11.8 Å². The van der Waals surface area contributed by atoms with E-state index >= 15 is 0 Å². The Kier molecular flexibility index (Phi) is 5.50. The van der Waals surface area contributed by atoms with Crippen molar-refractivity contribution in [2.45, 2.75) is 6.92 Å². The van der Waals surface area contributed by atoms with E-state index in [-0.39, 0.29) is 4.91 Å². The molecule has 0 saturated carbocycles. The highest BCUT2D eigenvalue weighted by atomic mass is 32.2. The number of carbonyl (C=O) groups is 3. The fraction of sp³-hybridized carbons (Fsp3) is 0.312. The molecule has 128 valence electrons. The Labute approximate surface area is 143 Å². The van der Waals surface area contributed by atoms with Crippen LogP contribution in [0.3, 0.4) is 0 Å². The highest BCUT2D eigenvalue weighted by Gasteiger charge is 2.36. The van der Waals surface area contributed by atoms with Crippen LogP contribution in [0.4, 0.5) is 4.79 Å². The molecule has 1 aromatic rings. The molecule has 1 heterocycles. The minimum atomic E-state index is -0.656. The van der Waals surface area contributed by atoms with Gasteiger partial charge in [-0.05, 0) is 36.9 Å². The molecule has 2 rings (SSSR count). The number of hydrogen-bond acceptors (Lipinski definition) is 7. The SMILES string of the molecule is COC(=O)CN1C(=O)S/C(=C\c2ccc(OC)c(C)c2OC)C1=O. The lowest BCUT2D eigenvalue weighted by Crippen LogP contribution is -2.34. The van der Waals surface area contributed by atoms with Crippen molar-refractivity contribution in [2.75, 3.05) is 27.9 Å². The van der Waals surface area contributed by atoms with E-state index in [2.05, 4.69) is 4.74 Å². The summed E-state index contributed by atoms with van der Waals surface area (Å²) in [6, 6.07) is 3.49. The average molecular weight is 351 g/mol. The Hall–Kier alpha value is -2.48. The van der Waals surface area contributed by atoms with Gasteiger partial charge in [0, 0.05) is 11.1 Å². The number of benzene rings is 1. The normalized spacial score (nSPS) is 15.8. The van der Waals surface area contributed by atoms with Crippen LogP contribution in [0.25, 0.3) is 6.08 Å². The van der Waals surface area contributed by atoms with Gasteiger partial charge in [-0.25, -0.2) is 0 Å². The van der Waals surface area contributed by atoms with Crippen LogP contribution in [0, 0.1) is 6.92 Å². The summed E-state index contributed by atoms with van der Waals surface area (Å²) in [7, 11) is 4.27. The van der Waals surface area contributed by atoms with Crippen LogP contribution in [0.1, 0.15) is 11.1 Å². The molecule has 1 fully saturated rings. The van der Waals surface area contributed by atoms with Gasteiger partial charge in [-0.1, -0.05) is 0 Å². The highest BCUT2D eigenvalue weighted by Crippen LogP contribution is 2.37. The zero-order valence-electron chi connectivity index (χ0n) is 13.7. The van der Waals surface area contributed by atoms with Crippen LogP contribution < -0.4 is 9.47 Å². The van der Waals surface area contributed by atoms with Gasteiger partial charge in [-0.15, -0.1) is 0 Å².